The van der Waals surface area contributed by atoms with E-state index in [1.165, 1.54) is 36.4 Å². The molecule has 0 bridgehead atoms. The number of aromatic amines is 2. The molecular formula is C58H71F2N7O8. The predicted octanol–water partition coefficient (Wildman–Crippen LogP) is 9.87. The maximum absolute atomic E-state index is 13.7. The van der Waals surface area contributed by atoms with E-state index in [0.717, 1.165) is 55.6 Å². The van der Waals surface area contributed by atoms with Gasteiger partial charge in [0.15, 0.2) is 0 Å². The van der Waals surface area contributed by atoms with Gasteiger partial charge >= 0.3 is 0 Å². The summed E-state index contributed by atoms with van der Waals surface area (Å²) in [6, 6.07) is 8.59. The smallest absolute Gasteiger partial charge is 0.256 e. The molecule has 6 aliphatic rings. The summed E-state index contributed by atoms with van der Waals surface area (Å²) in [6.07, 6.45) is 15.1. The van der Waals surface area contributed by atoms with Gasteiger partial charge in [-0.3, -0.25) is 38.4 Å². The van der Waals surface area contributed by atoms with Crippen LogP contribution in [-0.2, 0) is 28.8 Å². The molecule has 0 atom stereocenters. The van der Waals surface area contributed by atoms with Crippen LogP contribution in [0.1, 0.15) is 183 Å². The lowest BCUT2D eigenvalue weighted by atomic mass is 9.90. The first kappa shape index (κ1) is 57.1. The molecule has 4 aromatic rings. The molecule has 0 saturated heterocycles. The summed E-state index contributed by atoms with van der Waals surface area (Å²) in [4.78, 5) is 101. The fraction of sp³-hybridized carbons (Fsp3) is 0.448. The Kier molecular flexibility index (Phi) is 19.4. The van der Waals surface area contributed by atoms with Crippen molar-refractivity contribution in [1.82, 2.24) is 20.6 Å². The standard InChI is InChI=1S/2C22H22FN3O3.C7H12O.C6H11NO.CH4/c2*1-11-19(10-17-16-9-13(23)3-8-18(16)26-21(17)28)24-12(2)20(11)22(29)25-14-4-6-15(27)7-5-14;1-6-2-4-7(8)5-3-6;7-5-1-3-6(8)4-2-5;/h2*3,8-10,14,24H,4-7H2,1-2H3,(H,25,29)(H,26,28);6H,2-5H2,1H3;5H,1-4,7H2;1H4/b2*17-10-;;;. The molecule has 0 unspecified atom stereocenters. The second kappa shape index (κ2) is 25.4. The highest BCUT2D eigenvalue weighted by Gasteiger charge is 2.30. The minimum Gasteiger partial charge on any atom is -0.358 e. The molecule has 4 saturated carbocycles. The van der Waals surface area contributed by atoms with Gasteiger partial charge in [-0.25, -0.2) is 8.78 Å². The monoisotopic (exact) mass is 1030 g/mol. The van der Waals surface area contributed by atoms with Crippen molar-refractivity contribution in [3.05, 3.63) is 104 Å². The average Bonchev–Trinajstić information content (AvgIpc) is 4.04. The van der Waals surface area contributed by atoms with Crippen molar-refractivity contribution < 1.29 is 47.1 Å². The summed E-state index contributed by atoms with van der Waals surface area (Å²) in [7, 11) is 0. The second-order valence-electron chi connectivity index (χ2n) is 20.4. The van der Waals surface area contributed by atoms with Crippen LogP contribution in [0.5, 0.6) is 0 Å². The van der Waals surface area contributed by atoms with E-state index in [-0.39, 0.29) is 54.7 Å². The van der Waals surface area contributed by atoms with Crippen LogP contribution < -0.4 is 27.0 Å². The number of H-pyrrole nitrogens is 2. The number of anilines is 2. The van der Waals surface area contributed by atoms with Crippen molar-refractivity contribution in [2.75, 3.05) is 10.6 Å². The zero-order chi connectivity index (χ0) is 53.4. The van der Waals surface area contributed by atoms with E-state index in [4.69, 9.17) is 5.73 Å². The predicted molar refractivity (Wildman–Crippen MR) is 287 cm³/mol. The molecule has 4 fully saturated rings. The molecule has 2 aliphatic heterocycles. The minimum atomic E-state index is -0.420. The van der Waals surface area contributed by atoms with Gasteiger partial charge < -0.3 is 37.0 Å². The van der Waals surface area contributed by atoms with Gasteiger partial charge in [-0.15, -0.1) is 0 Å². The number of amides is 4. The van der Waals surface area contributed by atoms with Crippen molar-refractivity contribution in [2.24, 2.45) is 11.7 Å². The lowest BCUT2D eigenvalue weighted by Crippen LogP contribution is -2.38. The van der Waals surface area contributed by atoms with Crippen molar-refractivity contribution >= 4 is 81.4 Å². The maximum atomic E-state index is 13.7. The summed E-state index contributed by atoms with van der Waals surface area (Å²) in [5.41, 5.74) is 13.5. The van der Waals surface area contributed by atoms with E-state index in [2.05, 4.69) is 38.2 Å². The largest absolute Gasteiger partial charge is 0.358 e. The van der Waals surface area contributed by atoms with Gasteiger partial charge in [0.25, 0.3) is 23.6 Å². The molecule has 10 rings (SSSR count). The number of nitrogens with one attached hydrogen (secondary N) is 6. The van der Waals surface area contributed by atoms with Crippen molar-refractivity contribution in [3.8, 4) is 0 Å². The SMILES string of the molecule is C.CC1CCC(=O)CC1.Cc1[nH]c(/C=C2\C(=O)Nc3ccc(F)cc32)c(C)c1C(=O)NC1CCC(=O)CC1.Cc1[nH]c(/C=C2\C(=O)Nc3ccc(F)cc32)c(C)c1C(=O)NC1CCC(=O)CC1.NC1CCC(=O)CC1. The Balaban J connectivity index is 0.000000186. The molecule has 4 aliphatic carbocycles. The number of ketones is 4. The molecule has 400 valence electrons. The number of aromatic nitrogens is 2. The van der Waals surface area contributed by atoms with Crippen LogP contribution in [-0.4, -0.2) is 74.9 Å². The Morgan fingerprint density at radius 1 is 0.547 bits per heavy atom. The Morgan fingerprint density at radius 3 is 1.21 bits per heavy atom. The molecule has 2 aromatic carbocycles. The highest BCUT2D eigenvalue weighted by Crippen LogP contribution is 2.36. The molecule has 75 heavy (non-hydrogen) atoms. The third-order valence-corrected chi connectivity index (χ3v) is 14.7. The lowest BCUT2D eigenvalue weighted by Gasteiger charge is -2.22. The van der Waals surface area contributed by atoms with Gasteiger partial charge in [-0.2, -0.15) is 0 Å². The number of fused-ring (bicyclic) bond motifs is 2. The molecule has 17 heteroatoms. The molecule has 0 radical (unpaired) electrons. The van der Waals surface area contributed by atoms with Crippen molar-refractivity contribution in [1.29, 1.82) is 0 Å². The zero-order valence-corrected chi connectivity index (χ0v) is 42.8. The number of nitrogens with two attached hydrogens (primary N) is 1. The van der Waals surface area contributed by atoms with Crippen LogP contribution in [0, 0.1) is 45.2 Å². The van der Waals surface area contributed by atoms with Crippen LogP contribution in [0.25, 0.3) is 23.3 Å². The molecule has 4 amide bonds. The van der Waals surface area contributed by atoms with Crippen molar-refractivity contribution in [2.45, 2.75) is 163 Å². The van der Waals surface area contributed by atoms with Gasteiger partial charge in [-0.05, 0) is 145 Å². The number of hydrogen-bond donors (Lipinski definition) is 7. The number of benzene rings is 2. The Morgan fingerprint density at radius 2 is 0.880 bits per heavy atom. The summed E-state index contributed by atoms with van der Waals surface area (Å²) < 4.78 is 27.3. The minimum absolute atomic E-state index is 0. The first-order valence-corrected chi connectivity index (χ1v) is 25.7. The van der Waals surface area contributed by atoms with Gasteiger partial charge in [0.2, 0.25) is 0 Å². The third-order valence-electron chi connectivity index (χ3n) is 14.7. The molecule has 8 N–H and O–H groups in total. The summed E-state index contributed by atoms with van der Waals surface area (Å²) >= 11 is 0. The van der Waals surface area contributed by atoms with Gasteiger partial charge in [0, 0.05) is 115 Å². The van der Waals surface area contributed by atoms with E-state index in [1.807, 2.05) is 13.8 Å². The van der Waals surface area contributed by atoms with Gasteiger partial charge in [0.1, 0.15) is 34.8 Å². The van der Waals surface area contributed by atoms with Crippen LogP contribution in [0.3, 0.4) is 0 Å². The quantitative estimate of drug-likeness (QED) is 0.0908. The highest BCUT2D eigenvalue weighted by molar-refractivity contribution is 6.35. The third kappa shape index (κ3) is 14.6. The first-order valence-electron chi connectivity index (χ1n) is 25.7. The molecular weight excluding hydrogens is 961 g/mol. The average molecular weight is 1030 g/mol. The zero-order valence-electron chi connectivity index (χ0n) is 42.8. The lowest BCUT2D eigenvalue weighted by molar-refractivity contribution is -0.121. The van der Waals surface area contributed by atoms with Crippen LogP contribution >= 0.6 is 0 Å². The van der Waals surface area contributed by atoms with Crippen LogP contribution in [0.2, 0.25) is 0 Å². The Bertz CT molecular complexity index is 2710. The van der Waals surface area contributed by atoms with E-state index < -0.39 is 11.6 Å². The summed E-state index contributed by atoms with van der Waals surface area (Å²) in [6.45, 7) is 9.45. The molecule has 2 aromatic heterocycles. The number of carbonyl (C=O) groups excluding carboxylic acids is 8. The van der Waals surface area contributed by atoms with E-state index in [0.29, 0.717) is 149 Å². The Hall–Kier alpha value is -7.14. The first-order chi connectivity index (χ1) is 35.2. The molecule has 4 heterocycles. The van der Waals surface area contributed by atoms with Crippen molar-refractivity contribution in [3.63, 3.8) is 0 Å². The fourth-order valence-electron chi connectivity index (χ4n) is 10.1. The summed E-state index contributed by atoms with van der Waals surface area (Å²) in [5.74, 6) is 0.279. The number of Topliss-reactive ketones (excluding diaryl/α,β-unsaturated/α-hetero) is 4. The van der Waals surface area contributed by atoms with E-state index >= 15 is 0 Å². The van der Waals surface area contributed by atoms with Gasteiger partial charge in [0.05, 0.1) is 22.3 Å². The summed E-state index contributed by atoms with van der Waals surface area (Å²) in [5, 5.41) is 11.5. The van der Waals surface area contributed by atoms with Crippen LogP contribution in [0.15, 0.2) is 36.4 Å². The number of aryl methyl sites for hydroxylation is 2. The fourth-order valence-corrected chi connectivity index (χ4v) is 10.1. The molecule has 0 spiro atoms. The van der Waals surface area contributed by atoms with E-state index in [1.54, 1.807) is 26.0 Å². The second-order valence-corrected chi connectivity index (χ2v) is 20.4. The number of halogens is 2. The number of hydrogen-bond acceptors (Lipinski definition) is 9. The molecule has 15 nitrogen and oxygen atoms in total. The number of rotatable bonds is 6. The highest BCUT2D eigenvalue weighted by atomic mass is 19.1. The Labute approximate surface area is 437 Å². The van der Waals surface area contributed by atoms with E-state index in [9.17, 15) is 47.1 Å². The van der Waals surface area contributed by atoms with Gasteiger partial charge in [-0.1, -0.05) is 14.4 Å². The maximum Gasteiger partial charge on any atom is 0.256 e. The van der Waals surface area contributed by atoms with Crippen LogP contribution in [0.4, 0.5) is 20.2 Å². The number of carbonyl (C=O) groups is 8. The normalized spacial score (nSPS) is 19.1. The topological polar surface area (TPSA) is 242 Å².